The zero-order valence-electron chi connectivity index (χ0n) is 36.9. The van der Waals surface area contributed by atoms with E-state index in [-0.39, 0.29) is 0 Å². The van der Waals surface area contributed by atoms with Gasteiger partial charge in [-0.05, 0) is 119 Å². The van der Waals surface area contributed by atoms with Crippen molar-refractivity contribution < 1.29 is 6.11 Å². The lowest BCUT2D eigenvalue weighted by atomic mass is 9.74. The molecule has 11 rings (SSSR count). The molecule has 1 nitrogen and oxygen atoms in total. The van der Waals surface area contributed by atoms with Crippen LogP contribution in [0.5, 0.6) is 11.5 Å². The summed E-state index contributed by atoms with van der Waals surface area (Å²) in [7, 11) is -2.18. The van der Waals surface area contributed by atoms with Crippen LogP contribution in [0.1, 0.15) is 38.5 Å². The molecule has 304 valence electrons. The number of ether oxygens (including phenoxy) is 1. The molecular weight excluding hydrogens is 777 g/mol. The molecule has 1 fully saturated rings. The maximum absolute atomic E-state index is 10.1. The Labute approximate surface area is 374 Å². The first kappa shape index (κ1) is 37.7. The van der Waals surface area contributed by atoms with Crippen LogP contribution in [0.3, 0.4) is 0 Å². The summed E-state index contributed by atoms with van der Waals surface area (Å²) in [5.74, 6) is 1.18. The summed E-state index contributed by atoms with van der Waals surface area (Å²) in [6, 6.07) is 77.3. The van der Waals surface area contributed by atoms with Crippen LogP contribution < -0.4 is 15.1 Å². The van der Waals surface area contributed by atoms with Crippen LogP contribution in [-0.2, 0) is 0 Å². The Hall–Kier alpha value is -7.00. The molecule has 0 atom stereocenters. The predicted molar refractivity (Wildman–Crippen MR) is 269 cm³/mol. The second kappa shape index (κ2) is 16.4. The third-order valence-corrected chi connectivity index (χ3v) is 16.9. The van der Waals surface area contributed by atoms with E-state index in [0.29, 0.717) is 0 Å². The van der Waals surface area contributed by atoms with Crippen LogP contribution in [0.4, 0.5) is 0 Å². The van der Waals surface area contributed by atoms with Crippen molar-refractivity contribution in [2.24, 2.45) is 0 Å². The van der Waals surface area contributed by atoms with E-state index in [2.05, 4.69) is 225 Å². The van der Waals surface area contributed by atoms with Crippen LogP contribution in [-0.4, -0.2) is 8.07 Å². The lowest BCUT2D eigenvalue weighted by molar-refractivity contribution is 0.487. The van der Waals surface area contributed by atoms with Gasteiger partial charge in [-0.2, -0.15) is 0 Å². The SMILES string of the molecule is [2H]C1(c2ccc3c(c2-c2cccc(-c4c(-c5ccccc5)c(-c5ccccc5)c(-c5ccccc5)c(-c5ccccc5)c4-c4ccccc4)c2)Oc2ccccc2[Si]3(C)C)CCCC1. The number of benzene rings is 9. The van der Waals surface area contributed by atoms with E-state index in [9.17, 15) is 1.37 Å². The summed E-state index contributed by atoms with van der Waals surface area (Å²) in [5, 5.41) is 2.61. The van der Waals surface area contributed by atoms with Gasteiger partial charge in [0.15, 0.2) is 0 Å². The first-order chi connectivity index (χ1) is 31.4. The van der Waals surface area contributed by atoms with E-state index < -0.39 is 14.0 Å². The second-order valence-corrected chi connectivity index (χ2v) is 21.9. The molecule has 2 heteroatoms. The van der Waals surface area contributed by atoms with Gasteiger partial charge in [-0.3, -0.25) is 0 Å². The van der Waals surface area contributed by atoms with E-state index in [0.717, 1.165) is 87.3 Å². The fourth-order valence-corrected chi connectivity index (χ4v) is 13.3. The van der Waals surface area contributed by atoms with Gasteiger partial charge in [-0.1, -0.05) is 226 Å². The highest BCUT2D eigenvalue weighted by molar-refractivity contribution is 7.01. The molecule has 9 aromatic rings. The summed E-state index contributed by atoms with van der Waals surface area (Å²) >= 11 is 0. The minimum Gasteiger partial charge on any atom is -0.457 e. The maximum Gasteiger partial charge on any atom is 0.135 e. The van der Waals surface area contributed by atoms with Crippen LogP contribution in [0.25, 0.3) is 77.9 Å². The molecule has 0 N–H and O–H groups in total. The standard InChI is InChI=1S/C61H50OSi/c1-63(2)52-38-21-20-37-51(52)62-61-53(63)40-39-50(42-23-18-19-24-42)54(61)48-35-22-36-49(41-48)60-58(46-31-14-6-15-32-46)56(44-27-10-4-11-28-44)55(43-25-8-3-9-26-43)57(45-29-12-5-13-30-45)59(60)47-33-16-7-17-34-47/h3-17,20-22,25-42H,18-19,23-24H2,1-2H3/i42D. The van der Waals surface area contributed by atoms with E-state index in [4.69, 9.17) is 4.74 Å². The van der Waals surface area contributed by atoms with Crippen molar-refractivity contribution in [1.82, 2.24) is 0 Å². The molecular formula is C61H50OSi. The number of para-hydroxylation sites is 1. The van der Waals surface area contributed by atoms with Crippen molar-refractivity contribution in [3.63, 3.8) is 0 Å². The molecule has 2 aliphatic rings. The van der Waals surface area contributed by atoms with Crippen LogP contribution in [0, 0.1) is 0 Å². The van der Waals surface area contributed by atoms with Crippen LogP contribution >= 0.6 is 0 Å². The number of fused-ring (bicyclic) bond motifs is 2. The summed E-state index contributed by atoms with van der Waals surface area (Å²) in [5.41, 5.74) is 17.3. The Bertz CT molecular complexity index is 3030. The summed E-state index contributed by atoms with van der Waals surface area (Å²) < 4.78 is 17.2. The molecule has 63 heavy (non-hydrogen) atoms. The lowest BCUT2D eigenvalue weighted by Gasteiger charge is -2.35. The van der Waals surface area contributed by atoms with Gasteiger partial charge in [0.1, 0.15) is 19.6 Å². The molecule has 1 aliphatic heterocycles. The third kappa shape index (κ3) is 6.87. The van der Waals surface area contributed by atoms with Crippen LogP contribution in [0.15, 0.2) is 212 Å². The third-order valence-electron chi connectivity index (χ3n) is 13.4. The van der Waals surface area contributed by atoms with Gasteiger partial charge in [-0.25, -0.2) is 0 Å². The Morgan fingerprint density at radius 2 is 0.746 bits per heavy atom. The Kier molecular flexibility index (Phi) is 9.80. The quantitative estimate of drug-likeness (QED) is 0.139. The normalized spacial score (nSPS) is 14.9. The maximum atomic E-state index is 10.1. The molecule has 9 aromatic carbocycles. The van der Waals surface area contributed by atoms with E-state index in [1.54, 1.807) is 0 Å². The van der Waals surface area contributed by atoms with Crippen LogP contribution in [0.2, 0.25) is 13.1 Å². The van der Waals surface area contributed by atoms with Gasteiger partial charge in [-0.15, -0.1) is 0 Å². The number of rotatable bonds is 8. The summed E-state index contributed by atoms with van der Waals surface area (Å²) in [6.45, 7) is 4.89. The molecule has 0 saturated heterocycles. The Morgan fingerprint density at radius 1 is 0.381 bits per heavy atom. The van der Waals surface area contributed by atoms with Gasteiger partial charge in [0, 0.05) is 6.93 Å². The average molecular weight is 828 g/mol. The lowest BCUT2D eigenvalue weighted by Crippen LogP contribution is -2.56. The summed E-state index contributed by atoms with van der Waals surface area (Å²) in [4.78, 5) is 0. The molecule has 0 unspecified atom stereocenters. The zero-order valence-corrected chi connectivity index (χ0v) is 36.9. The monoisotopic (exact) mass is 827 g/mol. The highest BCUT2D eigenvalue weighted by Gasteiger charge is 2.39. The second-order valence-electron chi connectivity index (χ2n) is 17.6. The number of hydrogen-bond donors (Lipinski definition) is 0. The highest BCUT2D eigenvalue weighted by Crippen LogP contribution is 2.56. The predicted octanol–water partition coefficient (Wildman–Crippen LogP) is 15.9. The Balaban J connectivity index is 1.31. The highest BCUT2D eigenvalue weighted by atomic mass is 28.3. The smallest absolute Gasteiger partial charge is 0.135 e. The molecule has 1 heterocycles. The molecule has 0 radical (unpaired) electrons. The van der Waals surface area contributed by atoms with Crippen molar-refractivity contribution in [1.29, 1.82) is 0 Å². The molecule has 0 bridgehead atoms. The first-order valence-corrected chi connectivity index (χ1v) is 25.5. The van der Waals surface area contributed by atoms with Gasteiger partial charge in [0.25, 0.3) is 0 Å². The van der Waals surface area contributed by atoms with Crippen molar-refractivity contribution in [3.05, 3.63) is 218 Å². The topological polar surface area (TPSA) is 9.23 Å². The van der Waals surface area contributed by atoms with E-state index in [1.165, 1.54) is 43.8 Å². The number of hydrogen-bond acceptors (Lipinski definition) is 1. The fourth-order valence-electron chi connectivity index (χ4n) is 10.5. The van der Waals surface area contributed by atoms with Gasteiger partial charge < -0.3 is 4.74 Å². The van der Waals surface area contributed by atoms with Gasteiger partial charge in [0.2, 0.25) is 0 Å². The van der Waals surface area contributed by atoms with Crippen molar-refractivity contribution >= 4 is 18.4 Å². The van der Waals surface area contributed by atoms with Crippen molar-refractivity contribution in [2.45, 2.75) is 44.7 Å². The average Bonchev–Trinajstić information content (AvgIpc) is 3.81. The van der Waals surface area contributed by atoms with Crippen molar-refractivity contribution in [3.8, 4) is 89.4 Å². The zero-order chi connectivity index (χ0) is 43.3. The molecule has 0 spiro atoms. The van der Waals surface area contributed by atoms with Gasteiger partial charge >= 0.3 is 0 Å². The largest absolute Gasteiger partial charge is 0.457 e. The van der Waals surface area contributed by atoms with Crippen molar-refractivity contribution in [2.75, 3.05) is 0 Å². The molecule has 0 amide bonds. The first-order valence-electron chi connectivity index (χ1n) is 23.0. The minimum absolute atomic E-state index is 0.699. The van der Waals surface area contributed by atoms with E-state index in [1.807, 2.05) is 0 Å². The van der Waals surface area contributed by atoms with Gasteiger partial charge in [0.05, 0.1) is 0 Å². The minimum atomic E-state index is -2.18. The fraction of sp³-hybridized carbons (Fsp3) is 0.115. The Morgan fingerprint density at radius 3 is 1.19 bits per heavy atom. The molecule has 0 aromatic heterocycles. The molecule has 1 saturated carbocycles. The molecule has 1 aliphatic carbocycles. The van der Waals surface area contributed by atoms with E-state index >= 15 is 0 Å². The summed E-state index contributed by atoms with van der Waals surface area (Å²) in [6.07, 6.45) is 3.80.